The van der Waals surface area contributed by atoms with Gasteiger partial charge in [-0.05, 0) is 0 Å². The van der Waals surface area contributed by atoms with Crippen molar-refractivity contribution in [3.05, 3.63) is 79.9 Å². The molecule has 0 aliphatic carbocycles. The maximum absolute atomic E-state index is 11.1. The van der Waals surface area contributed by atoms with Crippen molar-refractivity contribution in [2.45, 2.75) is 37.0 Å². The Balaban J connectivity index is 1.59. The third kappa shape index (κ3) is 4.60. The Morgan fingerprint density at radius 2 is 1.34 bits per heavy atom. The number of nitrogens with zero attached hydrogens (tertiary/aromatic N) is 2. The van der Waals surface area contributed by atoms with E-state index < -0.39 is 46.8 Å². The molecule has 2 N–H and O–H groups in total. The van der Waals surface area contributed by atoms with E-state index in [2.05, 4.69) is 0 Å². The Hall–Kier alpha value is -3.00. The van der Waals surface area contributed by atoms with Gasteiger partial charge in [-0.25, -0.2) is 0 Å². The minimum Gasteiger partial charge on any atom is -0.388 e. The van der Waals surface area contributed by atoms with Gasteiger partial charge in [-0.2, -0.15) is 0 Å². The first kappa shape index (κ1) is 22.2. The van der Waals surface area contributed by atoms with Crippen molar-refractivity contribution in [1.29, 1.82) is 0 Å². The summed E-state index contributed by atoms with van der Waals surface area (Å²) >= 11 is 0. The minimum absolute atomic E-state index is 0.164. The second kappa shape index (κ2) is 9.24. The molecule has 2 fully saturated rings. The quantitative estimate of drug-likeness (QED) is 0.520. The molecule has 2 saturated heterocycles. The zero-order valence-corrected chi connectivity index (χ0v) is 16.6. The van der Waals surface area contributed by atoms with Gasteiger partial charge in [0, 0.05) is 35.4 Å². The SMILES string of the molecule is O=[N+]([O-])c1cccc(C2OC[C@H]3OC(c4cccc([N+](=O)[O-])c4)OC[C@H](O)[C@@H](O2)[C@@H]3O)c1. The van der Waals surface area contributed by atoms with E-state index in [1.807, 2.05) is 0 Å². The molecule has 0 radical (unpaired) electrons. The van der Waals surface area contributed by atoms with Crippen LogP contribution in [0.15, 0.2) is 48.5 Å². The number of ether oxygens (including phenoxy) is 4. The normalized spacial score (nSPS) is 30.6. The lowest BCUT2D eigenvalue weighted by molar-refractivity contribution is -0.385. The lowest BCUT2D eigenvalue weighted by atomic mass is 10.0. The fourth-order valence-corrected chi connectivity index (χ4v) is 3.59. The van der Waals surface area contributed by atoms with Gasteiger partial charge in [0.2, 0.25) is 0 Å². The molecule has 4 rings (SSSR count). The molecule has 0 amide bonds. The molecular weight excluding hydrogens is 428 g/mol. The molecular formula is C20H20N2O10. The average molecular weight is 448 g/mol. The summed E-state index contributed by atoms with van der Waals surface area (Å²) in [4.78, 5) is 21.1. The van der Waals surface area contributed by atoms with Crippen molar-refractivity contribution in [3.8, 4) is 0 Å². The second-order valence-electron chi connectivity index (χ2n) is 7.37. The van der Waals surface area contributed by atoms with Crippen LogP contribution in [0.1, 0.15) is 23.7 Å². The largest absolute Gasteiger partial charge is 0.388 e. The lowest BCUT2D eigenvalue weighted by Gasteiger charge is -2.35. The summed E-state index contributed by atoms with van der Waals surface area (Å²) < 4.78 is 22.9. The molecule has 2 unspecified atom stereocenters. The van der Waals surface area contributed by atoms with Crippen LogP contribution >= 0.6 is 0 Å². The van der Waals surface area contributed by atoms with Crippen molar-refractivity contribution in [2.75, 3.05) is 13.2 Å². The maximum atomic E-state index is 11.1. The van der Waals surface area contributed by atoms with E-state index >= 15 is 0 Å². The topological polar surface area (TPSA) is 164 Å². The molecule has 2 aliphatic heterocycles. The van der Waals surface area contributed by atoms with Crippen LogP contribution in [-0.2, 0) is 18.9 Å². The van der Waals surface area contributed by atoms with Gasteiger partial charge in [0.25, 0.3) is 11.4 Å². The van der Waals surface area contributed by atoms with Gasteiger partial charge >= 0.3 is 0 Å². The van der Waals surface area contributed by atoms with E-state index in [1.165, 1.54) is 36.4 Å². The maximum Gasteiger partial charge on any atom is 0.269 e. The molecule has 2 aromatic carbocycles. The van der Waals surface area contributed by atoms with Gasteiger partial charge in [0.15, 0.2) is 12.6 Å². The van der Waals surface area contributed by atoms with Gasteiger partial charge in [0.1, 0.15) is 24.4 Å². The van der Waals surface area contributed by atoms with Gasteiger partial charge in [-0.3, -0.25) is 20.2 Å². The van der Waals surface area contributed by atoms with Crippen LogP contribution in [0.3, 0.4) is 0 Å². The number of rotatable bonds is 4. The van der Waals surface area contributed by atoms with E-state index in [4.69, 9.17) is 18.9 Å². The fourth-order valence-electron chi connectivity index (χ4n) is 3.59. The Morgan fingerprint density at radius 3 is 1.91 bits per heavy atom. The first-order chi connectivity index (χ1) is 15.3. The molecule has 0 spiro atoms. The van der Waals surface area contributed by atoms with Crippen molar-refractivity contribution in [2.24, 2.45) is 0 Å². The number of non-ortho nitro benzene ring substituents is 2. The fraction of sp³-hybridized carbons (Fsp3) is 0.400. The van der Waals surface area contributed by atoms with Gasteiger partial charge in [-0.15, -0.1) is 0 Å². The minimum atomic E-state index is -1.32. The number of nitro benzene ring substituents is 2. The van der Waals surface area contributed by atoms with Crippen LogP contribution < -0.4 is 0 Å². The average Bonchev–Trinajstić information content (AvgIpc) is 2.96. The van der Waals surface area contributed by atoms with Gasteiger partial charge < -0.3 is 29.2 Å². The molecule has 0 saturated carbocycles. The third-order valence-electron chi connectivity index (χ3n) is 5.21. The molecule has 2 heterocycles. The van der Waals surface area contributed by atoms with E-state index in [1.54, 1.807) is 12.1 Å². The summed E-state index contributed by atoms with van der Waals surface area (Å²) in [5, 5.41) is 43.6. The monoisotopic (exact) mass is 448 g/mol. The number of fused-ring (bicyclic) bond motifs is 2. The van der Waals surface area contributed by atoms with Crippen molar-refractivity contribution in [1.82, 2.24) is 0 Å². The molecule has 6 atom stereocenters. The highest BCUT2D eigenvalue weighted by Crippen LogP contribution is 2.35. The predicted octanol–water partition coefficient (Wildman–Crippen LogP) is 1.75. The van der Waals surface area contributed by atoms with Crippen LogP contribution in [0.25, 0.3) is 0 Å². The van der Waals surface area contributed by atoms with Crippen molar-refractivity contribution >= 4 is 11.4 Å². The zero-order valence-electron chi connectivity index (χ0n) is 16.6. The van der Waals surface area contributed by atoms with Crippen LogP contribution in [0.4, 0.5) is 11.4 Å². The molecule has 0 aromatic heterocycles. The number of hydrogen-bond acceptors (Lipinski definition) is 10. The van der Waals surface area contributed by atoms with E-state index in [0.717, 1.165) is 0 Å². The standard InChI is InChI=1S/C20H20N2O10/c23-15-9-29-19(11-3-1-5-13(7-11)21(25)26)31-16-10-30-20(32-18(15)17(16)24)12-4-2-6-14(8-12)22(27)28/h1-8,15-20,23-24H,9-10H2/t15-,16+,17+,18+,19?,20?/m0/s1. The molecule has 12 heteroatoms. The first-order valence-electron chi connectivity index (χ1n) is 9.72. The Morgan fingerprint density at radius 1 is 0.812 bits per heavy atom. The summed E-state index contributed by atoms with van der Waals surface area (Å²) in [6.45, 7) is -0.490. The van der Waals surface area contributed by atoms with Gasteiger partial charge in [-0.1, -0.05) is 24.3 Å². The lowest BCUT2D eigenvalue weighted by Crippen LogP contribution is -2.50. The Bertz CT molecular complexity index is 946. The molecule has 12 nitrogen and oxygen atoms in total. The smallest absolute Gasteiger partial charge is 0.269 e. The van der Waals surface area contributed by atoms with E-state index in [0.29, 0.717) is 11.1 Å². The van der Waals surface area contributed by atoms with Crippen LogP contribution in [0, 0.1) is 20.2 Å². The number of nitro groups is 2. The second-order valence-corrected chi connectivity index (χ2v) is 7.37. The van der Waals surface area contributed by atoms with E-state index in [-0.39, 0.29) is 24.6 Å². The summed E-state index contributed by atoms with van der Waals surface area (Å²) in [6.07, 6.45) is -7.00. The van der Waals surface area contributed by atoms with Crippen LogP contribution in [0.5, 0.6) is 0 Å². The first-order valence-corrected chi connectivity index (χ1v) is 9.72. The summed E-state index contributed by atoms with van der Waals surface area (Å²) in [6, 6.07) is 11.3. The van der Waals surface area contributed by atoms with Crippen LogP contribution in [0.2, 0.25) is 0 Å². The number of benzene rings is 2. The highest BCUT2D eigenvalue weighted by atomic mass is 16.7. The highest BCUT2D eigenvalue weighted by Gasteiger charge is 2.43. The van der Waals surface area contributed by atoms with Crippen molar-refractivity contribution in [3.63, 3.8) is 0 Å². The van der Waals surface area contributed by atoms with Gasteiger partial charge in [0.05, 0.1) is 23.1 Å². The number of aliphatic hydroxyl groups excluding tert-OH is 2. The zero-order chi connectivity index (χ0) is 22.8. The number of hydrogen-bond donors (Lipinski definition) is 2. The summed E-state index contributed by atoms with van der Waals surface area (Å²) in [7, 11) is 0. The summed E-state index contributed by atoms with van der Waals surface area (Å²) in [5.41, 5.74) is 0.335. The molecule has 170 valence electrons. The van der Waals surface area contributed by atoms with Crippen LogP contribution in [-0.4, -0.2) is 57.7 Å². The summed E-state index contributed by atoms with van der Waals surface area (Å²) in [5.74, 6) is 0. The molecule has 2 aromatic rings. The Kier molecular flexibility index (Phi) is 6.41. The number of aliphatic hydroxyl groups is 2. The highest BCUT2D eigenvalue weighted by molar-refractivity contribution is 5.35. The molecule has 32 heavy (non-hydrogen) atoms. The van der Waals surface area contributed by atoms with E-state index in [9.17, 15) is 30.4 Å². The third-order valence-corrected chi connectivity index (χ3v) is 5.21. The van der Waals surface area contributed by atoms with Crippen molar-refractivity contribution < 1.29 is 39.0 Å². The molecule has 2 bridgehead atoms. The Labute approximate surface area is 181 Å². The predicted molar refractivity (Wildman–Crippen MR) is 105 cm³/mol. The molecule has 2 aliphatic rings.